The van der Waals surface area contributed by atoms with Gasteiger partial charge >= 0.3 is 6.09 Å². The van der Waals surface area contributed by atoms with Crippen molar-refractivity contribution in [2.75, 3.05) is 13.1 Å². The summed E-state index contributed by atoms with van der Waals surface area (Å²) in [6.07, 6.45) is 2.00. The highest BCUT2D eigenvalue weighted by molar-refractivity contribution is 5.94. The van der Waals surface area contributed by atoms with Crippen molar-refractivity contribution in [3.8, 4) is 6.07 Å². The van der Waals surface area contributed by atoms with Crippen LogP contribution in [0.3, 0.4) is 0 Å². The number of ether oxygens (including phenoxy) is 1. The summed E-state index contributed by atoms with van der Waals surface area (Å²) in [6.45, 7) is 8.95. The maximum Gasteiger partial charge on any atom is 0.408 e. The van der Waals surface area contributed by atoms with Gasteiger partial charge in [0, 0.05) is 6.54 Å². The third-order valence-electron chi connectivity index (χ3n) is 5.26. The number of rotatable bonds is 13. The molecule has 0 saturated carbocycles. The molecule has 0 aliphatic carbocycles. The predicted molar refractivity (Wildman–Crippen MR) is 135 cm³/mol. The Morgan fingerprint density at radius 2 is 1.75 bits per heavy atom. The van der Waals surface area contributed by atoms with E-state index in [0.29, 0.717) is 12.1 Å². The third kappa shape index (κ3) is 10.3. The van der Waals surface area contributed by atoms with Gasteiger partial charge in [-0.1, -0.05) is 51.0 Å². The second-order valence-corrected chi connectivity index (χ2v) is 9.49. The number of hydrogen-bond acceptors (Lipinski definition) is 6. The molecule has 1 rings (SSSR count). The second kappa shape index (κ2) is 14.7. The molecule has 36 heavy (non-hydrogen) atoms. The van der Waals surface area contributed by atoms with E-state index >= 15 is 0 Å². The van der Waals surface area contributed by atoms with Gasteiger partial charge in [0.2, 0.25) is 17.7 Å². The molecule has 0 spiro atoms. The number of nitrogens with two attached hydrogens (primary N) is 1. The number of aryl methyl sites for hydroxylation is 1. The van der Waals surface area contributed by atoms with Crippen molar-refractivity contribution in [3.63, 3.8) is 0 Å². The molecule has 2 unspecified atom stereocenters. The number of carbonyl (C=O) groups is 4. The normalized spacial score (nSPS) is 12.6. The molecule has 0 aliphatic rings. The smallest absolute Gasteiger partial charge is 0.408 e. The largest absolute Gasteiger partial charge is 0.444 e. The molecule has 198 valence electrons. The minimum atomic E-state index is -1.42. The van der Waals surface area contributed by atoms with Crippen LogP contribution in [-0.4, -0.2) is 53.4 Å². The molecule has 0 aromatic heterocycles. The van der Waals surface area contributed by atoms with E-state index in [1.165, 1.54) is 0 Å². The lowest BCUT2D eigenvalue weighted by Gasteiger charge is -2.32. The molecule has 4 N–H and O–H groups in total. The third-order valence-corrected chi connectivity index (χ3v) is 5.26. The quantitative estimate of drug-likeness (QED) is 0.279. The van der Waals surface area contributed by atoms with E-state index < -0.39 is 54.5 Å². The van der Waals surface area contributed by atoms with Crippen molar-refractivity contribution in [1.82, 2.24) is 15.5 Å². The van der Waals surface area contributed by atoms with Gasteiger partial charge in [-0.3, -0.25) is 14.4 Å². The number of nitrogens with one attached hydrogen (secondary N) is 2. The average molecular weight is 502 g/mol. The van der Waals surface area contributed by atoms with Crippen molar-refractivity contribution in [2.45, 2.75) is 84.4 Å². The van der Waals surface area contributed by atoms with E-state index in [1.54, 1.807) is 32.9 Å². The monoisotopic (exact) mass is 501 g/mol. The van der Waals surface area contributed by atoms with E-state index in [-0.39, 0.29) is 0 Å². The number of alkyl carbamates (subject to hydrolysis) is 1. The molecule has 2 atom stereocenters. The number of carbonyl (C=O) groups excluding carboxylic acids is 4. The second-order valence-electron chi connectivity index (χ2n) is 9.49. The average Bonchev–Trinajstić information content (AvgIpc) is 2.79. The Bertz CT molecular complexity index is 934. The Kier molecular flexibility index (Phi) is 12.4. The van der Waals surface area contributed by atoms with Gasteiger partial charge < -0.3 is 26.0 Å². The van der Waals surface area contributed by atoms with Gasteiger partial charge in [-0.15, -0.1) is 0 Å². The van der Waals surface area contributed by atoms with E-state index in [0.717, 1.165) is 36.1 Å². The van der Waals surface area contributed by atoms with E-state index in [2.05, 4.69) is 10.6 Å². The van der Waals surface area contributed by atoms with Crippen molar-refractivity contribution in [1.29, 1.82) is 5.26 Å². The van der Waals surface area contributed by atoms with Crippen LogP contribution in [0.25, 0.3) is 0 Å². The molecule has 1 aromatic rings. The highest BCUT2D eigenvalue weighted by atomic mass is 16.6. The molecule has 0 radical (unpaired) electrons. The molecule has 0 bridgehead atoms. The Labute approximate surface area is 213 Å². The predicted octanol–water partition coefficient (Wildman–Crippen LogP) is 2.72. The van der Waals surface area contributed by atoms with Crippen LogP contribution in [0, 0.1) is 11.3 Å². The lowest BCUT2D eigenvalue weighted by Crippen LogP contribution is -2.54. The van der Waals surface area contributed by atoms with Gasteiger partial charge in [0.1, 0.15) is 24.2 Å². The van der Waals surface area contributed by atoms with Crippen LogP contribution in [0.1, 0.15) is 77.5 Å². The van der Waals surface area contributed by atoms with Crippen molar-refractivity contribution in [2.24, 2.45) is 5.73 Å². The van der Waals surface area contributed by atoms with Crippen LogP contribution in [0.15, 0.2) is 24.3 Å². The Hall–Kier alpha value is -3.61. The lowest BCUT2D eigenvalue weighted by atomic mass is 10.00. The van der Waals surface area contributed by atoms with Gasteiger partial charge in [0.15, 0.2) is 0 Å². The topological polar surface area (TPSA) is 155 Å². The Balaban J connectivity index is 3.38. The van der Waals surface area contributed by atoms with Crippen LogP contribution in [0.4, 0.5) is 4.79 Å². The summed E-state index contributed by atoms with van der Waals surface area (Å²) in [7, 11) is 0. The van der Waals surface area contributed by atoms with E-state index in [9.17, 15) is 24.4 Å². The molecule has 10 heteroatoms. The fraction of sp³-hybridized carbons (Fsp3) is 0.577. The van der Waals surface area contributed by atoms with Crippen molar-refractivity contribution >= 4 is 23.8 Å². The number of primary amides is 1. The summed E-state index contributed by atoms with van der Waals surface area (Å²) in [5, 5.41) is 14.7. The molecular formula is C26H39N5O5. The van der Waals surface area contributed by atoms with E-state index in [4.69, 9.17) is 10.5 Å². The fourth-order valence-corrected chi connectivity index (χ4v) is 3.52. The SMILES string of the molecule is CCCCCNC(=O)C(c1ccc(CC)cc1)N(CC#N)C(=O)C(CC(N)=O)NC(=O)OC(C)(C)C. The zero-order chi connectivity index (χ0) is 27.3. The molecule has 4 amide bonds. The molecule has 0 aliphatic heterocycles. The van der Waals surface area contributed by atoms with Crippen LogP contribution < -0.4 is 16.4 Å². The van der Waals surface area contributed by atoms with Crippen molar-refractivity contribution in [3.05, 3.63) is 35.4 Å². The number of unbranched alkanes of at least 4 members (excludes halogenated alkanes) is 2. The van der Waals surface area contributed by atoms with Crippen LogP contribution in [0.5, 0.6) is 0 Å². The maximum absolute atomic E-state index is 13.6. The van der Waals surface area contributed by atoms with Gasteiger partial charge in [0.05, 0.1) is 12.5 Å². The van der Waals surface area contributed by atoms with Gasteiger partial charge in [-0.25, -0.2) is 4.79 Å². The lowest BCUT2D eigenvalue weighted by molar-refractivity contribution is -0.142. The number of nitrogens with zero attached hydrogens (tertiary/aromatic N) is 2. The number of nitriles is 1. The first-order valence-corrected chi connectivity index (χ1v) is 12.2. The van der Waals surface area contributed by atoms with Crippen LogP contribution >= 0.6 is 0 Å². The number of benzene rings is 1. The zero-order valence-electron chi connectivity index (χ0n) is 21.9. The van der Waals surface area contributed by atoms with E-state index in [1.807, 2.05) is 32.0 Å². The van der Waals surface area contributed by atoms with Crippen molar-refractivity contribution < 1.29 is 23.9 Å². The molecule has 0 heterocycles. The number of amides is 4. The summed E-state index contributed by atoms with van der Waals surface area (Å²) in [5.41, 5.74) is 6.02. The van der Waals surface area contributed by atoms with Crippen LogP contribution in [-0.2, 0) is 25.5 Å². The highest BCUT2D eigenvalue weighted by Crippen LogP contribution is 2.24. The summed E-state index contributed by atoms with van der Waals surface area (Å²) < 4.78 is 5.22. The van der Waals surface area contributed by atoms with Crippen LogP contribution in [0.2, 0.25) is 0 Å². The molecular weight excluding hydrogens is 462 g/mol. The standard InChI is InChI=1S/C26H39N5O5/c1-6-8-9-15-29-23(33)22(19-12-10-18(7-2)11-13-19)31(16-14-27)24(34)20(17-21(28)32)30-25(35)36-26(3,4)5/h10-13,20,22H,6-9,15-17H2,1-5H3,(H2,28,32)(H,29,33)(H,30,35). The first-order valence-electron chi connectivity index (χ1n) is 12.2. The fourth-order valence-electron chi connectivity index (χ4n) is 3.52. The summed E-state index contributed by atoms with van der Waals surface area (Å²) >= 11 is 0. The van der Waals surface area contributed by atoms with Gasteiger partial charge in [0.25, 0.3) is 0 Å². The number of hydrogen-bond donors (Lipinski definition) is 3. The Morgan fingerprint density at radius 1 is 1.11 bits per heavy atom. The highest BCUT2D eigenvalue weighted by Gasteiger charge is 2.36. The molecule has 0 saturated heterocycles. The Morgan fingerprint density at radius 3 is 2.25 bits per heavy atom. The molecule has 1 aromatic carbocycles. The van der Waals surface area contributed by atoms with Gasteiger partial charge in [-0.2, -0.15) is 5.26 Å². The minimum absolute atomic E-state index is 0.408. The maximum atomic E-state index is 13.6. The minimum Gasteiger partial charge on any atom is -0.444 e. The molecule has 0 fully saturated rings. The summed E-state index contributed by atoms with van der Waals surface area (Å²) in [6, 6.07) is 6.51. The summed E-state index contributed by atoms with van der Waals surface area (Å²) in [5.74, 6) is -2.10. The summed E-state index contributed by atoms with van der Waals surface area (Å²) in [4.78, 5) is 52.1. The first kappa shape index (κ1) is 30.4. The molecule has 10 nitrogen and oxygen atoms in total. The zero-order valence-corrected chi connectivity index (χ0v) is 21.9. The van der Waals surface area contributed by atoms with Gasteiger partial charge in [-0.05, 0) is 44.7 Å². The first-order chi connectivity index (χ1) is 16.9.